The second-order valence-corrected chi connectivity index (χ2v) is 6.56. The van der Waals surface area contributed by atoms with Gasteiger partial charge in [-0.1, -0.05) is 18.6 Å². The number of tetrazole rings is 1. The topological polar surface area (TPSA) is 98.7 Å². The smallest absolute Gasteiger partial charge is 0.245 e. The molecule has 3 rings (SSSR count). The van der Waals surface area contributed by atoms with Gasteiger partial charge >= 0.3 is 0 Å². The number of amides is 1. The molecule has 3 atom stereocenters. The number of nitrogens with two attached hydrogens (primary N) is 1. The summed E-state index contributed by atoms with van der Waals surface area (Å²) in [6, 6.07) is 5.63. The van der Waals surface area contributed by atoms with Crippen LogP contribution in [0.15, 0.2) is 24.3 Å². The summed E-state index contributed by atoms with van der Waals surface area (Å²) in [7, 11) is 0. The molecule has 1 saturated carbocycles. The number of nitrogens with zero attached hydrogens (tertiary/aromatic N) is 4. The molecule has 1 aromatic carbocycles. The Hall–Kier alpha value is -2.06. The van der Waals surface area contributed by atoms with Crippen LogP contribution >= 0.6 is 12.4 Å². The summed E-state index contributed by atoms with van der Waals surface area (Å²) in [6.45, 7) is 2.32. The fraction of sp³-hybridized carbons (Fsp3) is 0.529. The number of hydrogen-bond acceptors (Lipinski definition) is 5. The Bertz CT molecular complexity index is 722. The quantitative estimate of drug-likeness (QED) is 0.790. The van der Waals surface area contributed by atoms with Gasteiger partial charge < -0.3 is 11.1 Å². The number of rotatable bonds is 6. The summed E-state index contributed by atoms with van der Waals surface area (Å²) >= 11 is 0. The van der Waals surface area contributed by atoms with Crippen molar-refractivity contribution < 1.29 is 9.18 Å². The van der Waals surface area contributed by atoms with Gasteiger partial charge in [-0.05, 0) is 60.4 Å². The van der Waals surface area contributed by atoms with E-state index in [1.54, 1.807) is 19.1 Å². The number of aromatic nitrogens is 4. The predicted octanol–water partition coefficient (Wildman–Crippen LogP) is 1.57. The SMILES string of the molecule is Cc1nnnn1C(Cc1ccc(F)cc1)C(=O)NC1CCCC1CN.Cl. The van der Waals surface area contributed by atoms with Gasteiger partial charge in [-0.25, -0.2) is 9.07 Å². The number of benzene rings is 1. The maximum Gasteiger partial charge on any atom is 0.245 e. The van der Waals surface area contributed by atoms with Crippen molar-refractivity contribution in [2.45, 2.75) is 44.7 Å². The van der Waals surface area contributed by atoms with Crippen LogP contribution in [0.1, 0.15) is 36.7 Å². The Balaban J connectivity index is 0.00000243. The Morgan fingerprint density at radius 1 is 1.38 bits per heavy atom. The molecule has 0 radical (unpaired) electrons. The Morgan fingerprint density at radius 3 is 2.73 bits per heavy atom. The molecule has 142 valence electrons. The van der Waals surface area contributed by atoms with E-state index in [0.717, 1.165) is 24.8 Å². The summed E-state index contributed by atoms with van der Waals surface area (Å²) in [6.07, 6.45) is 3.43. The van der Waals surface area contributed by atoms with Crippen molar-refractivity contribution in [1.29, 1.82) is 0 Å². The first-order valence-corrected chi connectivity index (χ1v) is 8.58. The molecular formula is C17H24ClFN6O. The number of hydrogen-bond donors (Lipinski definition) is 2. The van der Waals surface area contributed by atoms with Gasteiger partial charge in [0.15, 0.2) is 0 Å². The van der Waals surface area contributed by atoms with Crippen LogP contribution in [0.3, 0.4) is 0 Å². The Morgan fingerprint density at radius 2 is 2.12 bits per heavy atom. The molecule has 0 saturated heterocycles. The van der Waals surface area contributed by atoms with Gasteiger partial charge in [-0.3, -0.25) is 4.79 Å². The zero-order chi connectivity index (χ0) is 17.8. The van der Waals surface area contributed by atoms with Gasteiger partial charge in [0, 0.05) is 12.5 Å². The average Bonchev–Trinajstić information content (AvgIpc) is 3.23. The third-order valence-electron chi connectivity index (χ3n) is 4.89. The lowest BCUT2D eigenvalue weighted by Crippen LogP contribution is -2.44. The third kappa shape index (κ3) is 4.56. The minimum absolute atomic E-state index is 0. The van der Waals surface area contributed by atoms with Crippen molar-refractivity contribution in [3.63, 3.8) is 0 Å². The highest BCUT2D eigenvalue weighted by atomic mass is 35.5. The molecule has 1 aliphatic carbocycles. The third-order valence-corrected chi connectivity index (χ3v) is 4.89. The largest absolute Gasteiger partial charge is 0.351 e. The lowest BCUT2D eigenvalue weighted by molar-refractivity contribution is -0.125. The fourth-order valence-electron chi connectivity index (χ4n) is 3.45. The molecule has 1 aliphatic rings. The highest BCUT2D eigenvalue weighted by Crippen LogP contribution is 2.25. The predicted molar refractivity (Wildman–Crippen MR) is 97.3 cm³/mol. The molecule has 1 amide bonds. The molecule has 0 bridgehead atoms. The molecule has 26 heavy (non-hydrogen) atoms. The molecular weight excluding hydrogens is 359 g/mol. The first-order chi connectivity index (χ1) is 12.1. The zero-order valence-corrected chi connectivity index (χ0v) is 15.5. The Labute approximate surface area is 157 Å². The molecule has 3 unspecified atom stereocenters. The molecule has 1 heterocycles. The minimum atomic E-state index is -0.584. The van der Waals surface area contributed by atoms with Crippen LogP contribution in [0.25, 0.3) is 0 Å². The van der Waals surface area contributed by atoms with E-state index in [2.05, 4.69) is 20.8 Å². The van der Waals surface area contributed by atoms with Gasteiger partial charge in [0.1, 0.15) is 17.7 Å². The molecule has 0 spiro atoms. The number of halogens is 2. The van der Waals surface area contributed by atoms with Crippen LogP contribution in [-0.4, -0.2) is 38.7 Å². The molecule has 1 aromatic heterocycles. The Kier molecular flexibility index (Phi) is 7.05. The number of nitrogens with one attached hydrogen (secondary N) is 1. The first-order valence-electron chi connectivity index (χ1n) is 8.58. The summed E-state index contributed by atoms with van der Waals surface area (Å²) < 4.78 is 14.7. The van der Waals surface area contributed by atoms with Gasteiger partial charge in [-0.2, -0.15) is 0 Å². The summed E-state index contributed by atoms with van der Waals surface area (Å²) in [4.78, 5) is 12.9. The van der Waals surface area contributed by atoms with E-state index >= 15 is 0 Å². The van der Waals surface area contributed by atoms with E-state index in [9.17, 15) is 9.18 Å². The van der Waals surface area contributed by atoms with Gasteiger partial charge in [-0.15, -0.1) is 17.5 Å². The first kappa shape index (κ1) is 20.3. The van der Waals surface area contributed by atoms with Crippen LogP contribution in [0.2, 0.25) is 0 Å². The maximum absolute atomic E-state index is 13.1. The summed E-state index contributed by atoms with van der Waals surface area (Å²) in [5.41, 5.74) is 6.65. The second-order valence-electron chi connectivity index (χ2n) is 6.56. The lowest BCUT2D eigenvalue weighted by atomic mass is 10.0. The summed E-state index contributed by atoms with van der Waals surface area (Å²) in [5.74, 6) is 0.430. The van der Waals surface area contributed by atoms with Crippen LogP contribution in [-0.2, 0) is 11.2 Å². The van der Waals surface area contributed by atoms with Gasteiger partial charge in [0.25, 0.3) is 0 Å². The standard InChI is InChI=1S/C17H23FN6O.ClH/c1-11-21-22-23-24(11)16(9-12-5-7-14(18)8-6-12)17(25)20-15-4-2-3-13(15)10-19;/h5-8,13,15-16H,2-4,9-10,19H2,1H3,(H,20,25);1H. The minimum Gasteiger partial charge on any atom is -0.351 e. The van der Waals surface area contributed by atoms with Crippen LogP contribution in [0.5, 0.6) is 0 Å². The number of carbonyl (C=O) groups is 1. The van der Waals surface area contributed by atoms with E-state index in [1.165, 1.54) is 16.8 Å². The van der Waals surface area contributed by atoms with E-state index in [1.807, 2.05) is 0 Å². The van der Waals surface area contributed by atoms with E-state index in [-0.39, 0.29) is 30.2 Å². The van der Waals surface area contributed by atoms with Crippen molar-refractivity contribution in [2.24, 2.45) is 11.7 Å². The lowest BCUT2D eigenvalue weighted by Gasteiger charge is -2.24. The van der Waals surface area contributed by atoms with Crippen LogP contribution in [0.4, 0.5) is 4.39 Å². The molecule has 0 aliphatic heterocycles. The summed E-state index contributed by atoms with van der Waals surface area (Å²) in [5, 5.41) is 14.6. The number of aryl methyl sites for hydroxylation is 1. The maximum atomic E-state index is 13.1. The van der Waals surface area contributed by atoms with Crippen molar-refractivity contribution >= 4 is 18.3 Å². The second kappa shape index (κ2) is 9.05. The van der Waals surface area contributed by atoms with E-state index in [4.69, 9.17) is 5.73 Å². The highest BCUT2D eigenvalue weighted by Gasteiger charge is 2.31. The van der Waals surface area contributed by atoms with Crippen molar-refractivity contribution in [3.8, 4) is 0 Å². The highest BCUT2D eigenvalue weighted by molar-refractivity contribution is 5.85. The average molecular weight is 383 g/mol. The molecule has 1 fully saturated rings. The monoisotopic (exact) mass is 382 g/mol. The van der Waals surface area contributed by atoms with Crippen molar-refractivity contribution in [1.82, 2.24) is 25.5 Å². The van der Waals surface area contributed by atoms with Gasteiger partial charge in [0.2, 0.25) is 5.91 Å². The van der Waals surface area contributed by atoms with Crippen LogP contribution < -0.4 is 11.1 Å². The van der Waals surface area contributed by atoms with Gasteiger partial charge in [0.05, 0.1) is 0 Å². The molecule has 9 heteroatoms. The van der Waals surface area contributed by atoms with Crippen molar-refractivity contribution in [2.75, 3.05) is 6.54 Å². The molecule has 3 N–H and O–H groups in total. The van der Waals surface area contributed by atoms with Crippen molar-refractivity contribution in [3.05, 3.63) is 41.5 Å². The fourth-order valence-corrected chi connectivity index (χ4v) is 3.45. The normalized spacial score (nSPS) is 20.4. The van der Waals surface area contributed by atoms with Crippen LogP contribution in [0, 0.1) is 18.7 Å². The number of carbonyl (C=O) groups excluding carboxylic acids is 1. The molecule has 2 aromatic rings. The van der Waals surface area contributed by atoms with E-state index < -0.39 is 6.04 Å². The zero-order valence-electron chi connectivity index (χ0n) is 14.6. The molecule has 7 nitrogen and oxygen atoms in total. The van der Waals surface area contributed by atoms with E-state index in [0.29, 0.717) is 24.7 Å².